The van der Waals surface area contributed by atoms with Crippen molar-refractivity contribution < 1.29 is 4.79 Å². The van der Waals surface area contributed by atoms with E-state index in [0.29, 0.717) is 11.5 Å². The van der Waals surface area contributed by atoms with Crippen molar-refractivity contribution in [2.45, 2.75) is 20.3 Å². The van der Waals surface area contributed by atoms with Crippen LogP contribution in [0.15, 0.2) is 54.2 Å². The fourth-order valence-electron chi connectivity index (χ4n) is 2.61. The molecule has 0 spiro atoms. The van der Waals surface area contributed by atoms with E-state index in [1.165, 1.54) is 5.56 Å². The van der Waals surface area contributed by atoms with E-state index in [1.807, 2.05) is 30.5 Å². The van der Waals surface area contributed by atoms with Crippen molar-refractivity contribution >= 4 is 17.7 Å². The molecular weight excluding hydrogens is 272 g/mol. The molecular formula is C19H20N2O. The normalized spacial score (nSPS) is 16.2. The van der Waals surface area contributed by atoms with Gasteiger partial charge in [-0.1, -0.05) is 38.1 Å². The molecule has 3 rings (SSSR count). The molecule has 2 N–H and O–H groups in total. The predicted molar refractivity (Wildman–Crippen MR) is 89.9 cm³/mol. The standard InChI is InChI=1S/C19H20N2O/c1-13(2)10-14-5-7-15(8-6-14)18-12-16(19(22)21-18)11-17-4-3-9-20-17/h3-9,11-13,20H,10H2,1-2H3,(H,21,22). The van der Waals surface area contributed by atoms with Gasteiger partial charge in [0.15, 0.2) is 0 Å². The van der Waals surface area contributed by atoms with E-state index in [1.54, 1.807) is 0 Å². The Morgan fingerprint density at radius 3 is 2.55 bits per heavy atom. The Kier molecular flexibility index (Phi) is 3.96. The highest BCUT2D eigenvalue weighted by atomic mass is 16.1. The molecule has 0 fully saturated rings. The molecule has 0 unspecified atom stereocenters. The van der Waals surface area contributed by atoms with Crippen LogP contribution < -0.4 is 5.32 Å². The predicted octanol–water partition coefficient (Wildman–Crippen LogP) is 3.77. The van der Waals surface area contributed by atoms with Gasteiger partial charge in [-0.3, -0.25) is 4.79 Å². The van der Waals surface area contributed by atoms with E-state index in [0.717, 1.165) is 23.4 Å². The maximum atomic E-state index is 12.1. The lowest BCUT2D eigenvalue weighted by Crippen LogP contribution is -2.15. The maximum Gasteiger partial charge on any atom is 0.255 e. The van der Waals surface area contributed by atoms with Gasteiger partial charge in [0.25, 0.3) is 5.91 Å². The summed E-state index contributed by atoms with van der Waals surface area (Å²) in [6.45, 7) is 4.43. The molecule has 1 aliphatic rings. The molecule has 22 heavy (non-hydrogen) atoms. The smallest absolute Gasteiger partial charge is 0.255 e. The second-order valence-electron chi connectivity index (χ2n) is 6.03. The zero-order valence-electron chi connectivity index (χ0n) is 12.9. The minimum absolute atomic E-state index is 0.0594. The number of benzene rings is 1. The Bertz CT molecular complexity index is 719. The Hall–Kier alpha value is -2.55. The Labute approximate surface area is 130 Å². The van der Waals surface area contributed by atoms with E-state index >= 15 is 0 Å². The number of nitrogens with one attached hydrogen (secondary N) is 2. The molecule has 0 bridgehead atoms. The molecule has 0 saturated carbocycles. The van der Waals surface area contributed by atoms with Gasteiger partial charge >= 0.3 is 0 Å². The van der Waals surface area contributed by atoms with Gasteiger partial charge in [0, 0.05) is 23.2 Å². The van der Waals surface area contributed by atoms with Crippen molar-refractivity contribution in [1.29, 1.82) is 0 Å². The van der Waals surface area contributed by atoms with E-state index in [2.05, 4.69) is 48.4 Å². The van der Waals surface area contributed by atoms with Crippen LogP contribution in [0.4, 0.5) is 0 Å². The lowest BCUT2D eigenvalue weighted by atomic mass is 10.0. The van der Waals surface area contributed by atoms with Crippen LogP contribution in [0.1, 0.15) is 30.7 Å². The van der Waals surface area contributed by atoms with Crippen LogP contribution >= 0.6 is 0 Å². The number of aromatic amines is 1. The number of carbonyl (C=O) groups is 1. The highest BCUT2D eigenvalue weighted by Gasteiger charge is 2.19. The molecule has 112 valence electrons. The summed E-state index contributed by atoms with van der Waals surface area (Å²) in [4.78, 5) is 15.1. The number of rotatable bonds is 4. The first-order valence-electron chi connectivity index (χ1n) is 7.59. The summed E-state index contributed by atoms with van der Waals surface area (Å²) in [5.41, 5.74) is 4.82. The summed E-state index contributed by atoms with van der Waals surface area (Å²) in [6, 6.07) is 12.3. The van der Waals surface area contributed by atoms with Gasteiger partial charge in [-0.25, -0.2) is 0 Å². The summed E-state index contributed by atoms with van der Waals surface area (Å²) >= 11 is 0. The molecule has 0 saturated heterocycles. The first-order valence-corrected chi connectivity index (χ1v) is 7.59. The molecule has 1 aromatic carbocycles. The van der Waals surface area contributed by atoms with Crippen LogP contribution in [0.2, 0.25) is 0 Å². The number of aromatic nitrogens is 1. The van der Waals surface area contributed by atoms with Gasteiger partial charge in [0.2, 0.25) is 0 Å². The second kappa shape index (κ2) is 6.06. The minimum atomic E-state index is -0.0594. The number of hydrogen-bond acceptors (Lipinski definition) is 1. The second-order valence-corrected chi connectivity index (χ2v) is 6.03. The average Bonchev–Trinajstić information content (AvgIpc) is 3.10. The fraction of sp³-hybridized carbons (Fsp3) is 0.211. The number of hydrogen-bond donors (Lipinski definition) is 2. The van der Waals surface area contributed by atoms with Gasteiger partial charge in [0.05, 0.1) is 0 Å². The van der Waals surface area contributed by atoms with E-state index in [9.17, 15) is 4.79 Å². The SMILES string of the molecule is CC(C)Cc1ccc(C2=CC(=Cc3ccc[nH]3)C(=O)N2)cc1. The quantitative estimate of drug-likeness (QED) is 0.828. The van der Waals surface area contributed by atoms with E-state index < -0.39 is 0 Å². The maximum absolute atomic E-state index is 12.1. The molecule has 3 heteroatoms. The third-order valence-electron chi connectivity index (χ3n) is 3.65. The molecule has 1 aliphatic heterocycles. The lowest BCUT2D eigenvalue weighted by Gasteiger charge is -2.07. The van der Waals surface area contributed by atoms with Crippen LogP contribution in [0.25, 0.3) is 11.8 Å². The zero-order valence-corrected chi connectivity index (χ0v) is 12.9. The molecule has 1 aromatic heterocycles. The van der Waals surface area contributed by atoms with Crippen LogP contribution in [-0.2, 0) is 11.2 Å². The Balaban J connectivity index is 1.82. The van der Waals surface area contributed by atoms with Crippen LogP contribution in [-0.4, -0.2) is 10.9 Å². The summed E-state index contributed by atoms with van der Waals surface area (Å²) < 4.78 is 0. The van der Waals surface area contributed by atoms with Crippen LogP contribution in [0.3, 0.4) is 0 Å². The van der Waals surface area contributed by atoms with Gasteiger partial charge in [-0.2, -0.15) is 0 Å². The minimum Gasteiger partial charge on any atom is -0.362 e. The number of amides is 1. The third-order valence-corrected chi connectivity index (χ3v) is 3.65. The van der Waals surface area contributed by atoms with Crippen LogP contribution in [0, 0.1) is 5.92 Å². The van der Waals surface area contributed by atoms with Gasteiger partial charge in [-0.15, -0.1) is 0 Å². The van der Waals surface area contributed by atoms with Gasteiger partial charge in [-0.05, 0) is 47.8 Å². The van der Waals surface area contributed by atoms with Crippen molar-refractivity contribution in [3.05, 3.63) is 71.1 Å². The summed E-state index contributed by atoms with van der Waals surface area (Å²) in [5, 5.41) is 2.93. The molecule has 1 amide bonds. The molecule has 0 atom stereocenters. The summed E-state index contributed by atoms with van der Waals surface area (Å²) in [5.74, 6) is 0.586. The van der Waals surface area contributed by atoms with Crippen molar-refractivity contribution in [2.75, 3.05) is 0 Å². The summed E-state index contributed by atoms with van der Waals surface area (Å²) in [7, 11) is 0. The third kappa shape index (κ3) is 3.19. The largest absolute Gasteiger partial charge is 0.362 e. The van der Waals surface area contributed by atoms with Gasteiger partial charge < -0.3 is 10.3 Å². The van der Waals surface area contributed by atoms with E-state index in [-0.39, 0.29) is 5.91 Å². The Morgan fingerprint density at radius 1 is 1.14 bits per heavy atom. The topological polar surface area (TPSA) is 44.9 Å². The van der Waals surface area contributed by atoms with Crippen molar-refractivity contribution in [3.63, 3.8) is 0 Å². The molecule has 3 nitrogen and oxygen atoms in total. The summed E-state index contributed by atoms with van der Waals surface area (Å²) in [6.07, 6.45) is 6.68. The van der Waals surface area contributed by atoms with Crippen molar-refractivity contribution in [1.82, 2.24) is 10.3 Å². The lowest BCUT2D eigenvalue weighted by molar-refractivity contribution is -0.115. The zero-order chi connectivity index (χ0) is 15.5. The molecule has 2 aromatic rings. The molecule has 0 aliphatic carbocycles. The fourth-order valence-corrected chi connectivity index (χ4v) is 2.61. The first-order chi connectivity index (χ1) is 10.6. The highest BCUT2D eigenvalue weighted by Crippen LogP contribution is 2.22. The Morgan fingerprint density at radius 2 is 1.91 bits per heavy atom. The number of H-pyrrole nitrogens is 1. The monoisotopic (exact) mass is 292 g/mol. The molecule has 0 radical (unpaired) electrons. The molecule has 2 heterocycles. The number of carbonyl (C=O) groups excluding carboxylic acids is 1. The van der Waals surface area contributed by atoms with Crippen molar-refractivity contribution in [2.24, 2.45) is 5.92 Å². The van der Waals surface area contributed by atoms with Crippen LogP contribution in [0.5, 0.6) is 0 Å². The highest BCUT2D eigenvalue weighted by molar-refractivity contribution is 6.10. The van der Waals surface area contributed by atoms with E-state index in [4.69, 9.17) is 0 Å². The average molecular weight is 292 g/mol. The first kappa shape index (κ1) is 14.4. The van der Waals surface area contributed by atoms with Crippen molar-refractivity contribution in [3.8, 4) is 0 Å². The van der Waals surface area contributed by atoms with Gasteiger partial charge in [0.1, 0.15) is 0 Å².